The Morgan fingerprint density at radius 3 is 2.62 bits per heavy atom. The van der Waals surface area contributed by atoms with Gasteiger partial charge < -0.3 is 5.32 Å². The molecule has 0 unspecified atom stereocenters. The summed E-state index contributed by atoms with van der Waals surface area (Å²) in [5.41, 5.74) is -0.639. The Kier molecular flexibility index (Phi) is 4.42. The maximum atomic E-state index is 13.3. The third kappa shape index (κ3) is 3.69. The Labute approximate surface area is 123 Å². The molecule has 2 aromatic rings. The molecule has 8 heteroatoms. The van der Waals surface area contributed by atoms with Gasteiger partial charge in [0.25, 0.3) is 12.3 Å². The van der Waals surface area contributed by atoms with Gasteiger partial charge in [-0.15, -0.1) is 0 Å². The lowest BCUT2D eigenvalue weighted by molar-refractivity contribution is 0.102. The average Bonchev–Trinajstić information content (AvgIpc) is 2.42. The van der Waals surface area contributed by atoms with E-state index in [1.807, 2.05) is 0 Å². The lowest BCUT2D eigenvalue weighted by Gasteiger charge is -2.07. The normalized spacial score (nSPS) is 10.8. The quantitative estimate of drug-likeness (QED) is 0.938. The molecule has 1 heterocycles. The number of nitrogens with zero attached hydrogens (tertiary/aromatic N) is 2. The molecule has 0 radical (unpaired) electrons. The Hall–Kier alpha value is -2.15. The van der Waals surface area contributed by atoms with Crippen LogP contribution in [0, 0.1) is 12.7 Å². The van der Waals surface area contributed by atoms with Crippen LogP contribution in [0.5, 0.6) is 0 Å². The number of carbonyl (C=O) groups excluding carboxylic acids is 1. The third-order valence-electron chi connectivity index (χ3n) is 2.49. The van der Waals surface area contributed by atoms with Crippen molar-refractivity contribution < 1.29 is 18.0 Å². The van der Waals surface area contributed by atoms with Crippen molar-refractivity contribution in [2.45, 2.75) is 13.3 Å². The van der Waals surface area contributed by atoms with Gasteiger partial charge in [0, 0.05) is 5.69 Å². The van der Waals surface area contributed by atoms with E-state index in [-0.39, 0.29) is 22.2 Å². The van der Waals surface area contributed by atoms with Crippen molar-refractivity contribution in [1.82, 2.24) is 9.97 Å². The van der Waals surface area contributed by atoms with Crippen LogP contribution in [-0.2, 0) is 0 Å². The van der Waals surface area contributed by atoms with Crippen molar-refractivity contribution >= 4 is 23.2 Å². The predicted molar refractivity (Wildman–Crippen MR) is 71.1 cm³/mol. The number of nitrogens with one attached hydrogen (secondary N) is 1. The number of alkyl halides is 2. The van der Waals surface area contributed by atoms with Gasteiger partial charge in [0.05, 0.1) is 5.02 Å². The molecular weight excluding hydrogens is 307 g/mol. The van der Waals surface area contributed by atoms with E-state index in [0.717, 1.165) is 12.1 Å². The molecule has 21 heavy (non-hydrogen) atoms. The number of rotatable bonds is 3. The van der Waals surface area contributed by atoms with Gasteiger partial charge in [0.15, 0.2) is 0 Å². The maximum absolute atomic E-state index is 13.3. The monoisotopic (exact) mass is 315 g/mol. The number of hydrogen-bond donors (Lipinski definition) is 1. The summed E-state index contributed by atoms with van der Waals surface area (Å²) in [5.74, 6) is -1.41. The molecule has 0 aliphatic rings. The van der Waals surface area contributed by atoms with Crippen LogP contribution in [0.4, 0.5) is 18.9 Å². The van der Waals surface area contributed by atoms with Gasteiger partial charge in [-0.2, -0.15) is 0 Å². The van der Waals surface area contributed by atoms with E-state index < -0.39 is 23.8 Å². The summed E-state index contributed by atoms with van der Waals surface area (Å²) in [6, 6.07) is 4.55. The van der Waals surface area contributed by atoms with Crippen molar-refractivity contribution in [2.24, 2.45) is 0 Å². The summed E-state index contributed by atoms with van der Waals surface area (Å²) in [6.07, 6.45) is -2.81. The van der Waals surface area contributed by atoms with Gasteiger partial charge >= 0.3 is 0 Å². The van der Waals surface area contributed by atoms with Crippen molar-refractivity contribution in [3.8, 4) is 0 Å². The number of carbonyl (C=O) groups is 1. The zero-order valence-corrected chi connectivity index (χ0v) is 11.5. The van der Waals surface area contributed by atoms with E-state index in [4.69, 9.17) is 11.6 Å². The second kappa shape index (κ2) is 6.09. The topological polar surface area (TPSA) is 54.9 Å². The summed E-state index contributed by atoms with van der Waals surface area (Å²) in [5, 5.41) is 2.26. The Balaban J connectivity index is 2.25. The molecule has 2 rings (SSSR count). The van der Waals surface area contributed by atoms with E-state index in [1.165, 1.54) is 19.1 Å². The summed E-state index contributed by atoms with van der Waals surface area (Å²) in [6.45, 7) is 1.39. The van der Waals surface area contributed by atoms with Crippen molar-refractivity contribution in [2.75, 3.05) is 5.32 Å². The van der Waals surface area contributed by atoms with Crippen molar-refractivity contribution in [3.05, 3.63) is 52.3 Å². The molecular formula is C13H9ClF3N3O. The molecule has 1 N–H and O–H groups in total. The van der Waals surface area contributed by atoms with Crippen LogP contribution >= 0.6 is 11.6 Å². The minimum Gasteiger partial charge on any atom is -0.321 e. The minimum absolute atomic E-state index is 0.0419. The second-order valence-electron chi connectivity index (χ2n) is 4.11. The lowest BCUT2D eigenvalue weighted by atomic mass is 10.2. The zero-order valence-electron chi connectivity index (χ0n) is 10.7. The van der Waals surface area contributed by atoms with Crippen LogP contribution in [0.3, 0.4) is 0 Å². The summed E-state index contributed by atoms with van der Waals surface area (Å²) in [7, 11) is 0. The van der Waals surface area contributed by atoms with Gasteiger partial charge in [-0.25, -0.2) is 23.1 Å². The van der Waals surface area contributed by atoms with Gasteiger partial charge in [-0.3, -0.25) is 4.79 Å². The van der Waals surface area contributed by atoms with Gasteiger partial charge in [-0.1, -0.05) is 11.6 Å². The van der Waals surface area contributed by atoms with Crippen molar-refractivity contribution in [1.29, 1.82) is 0 Å². The predicted octanol–water partition coefficient (Wildman–Crippen LogP) is 3.77. The number of anilines is 1. The summed E-state index contributed by atoms with van der Waals surface area (Å²) in [4.78, 5) is 19.2. The summed E-state index contributed by atoms with van der Waals surface area (Å²) >= 11 is 5.52. The first-order chi connectivity index (χ1) is 9.86. The zero-order chi connectivity index (χ0) is 15.6. The van der Waals surface area contributed by atoms with Crippen LogP contribution in [0.25, 0.3) is 0 Å². The first-order valence-corrected chi connectivity index (χ1v) is 6.14. The fourth-order valence-electron chi connectivity index (χ4n) is 1.59. The Morgan fingerprint density at radius 1 is 1.29 bits per heavy atom. The first-order valence-electron chi connectivity index (χ1n) is 5.77. The Bertz CT molecular complexity index is 694. The van der Waals surface area contributed by atoms with E-state index in [2.05, 4.69) is 15.3 Å². The van der Waals surface area contributed by atoms with E-state index >= 15 is 0 Å². The number of aryl methyl sites for hydroxylation is 1. The van der Waals surface area contributed by atoms with Gasteiger partial charge in [0.2, 0.25) is 0 Å². The molecule has 0 bridgehead atoms. The maximum Gasteiger partial charge on any atom is 0.280 e. The highest BCUT2D eigenvalue weighted by Crippen LogP contribution is 2.20. The molecule has 0 aliphatic carbocycles. The fourth-order valence-corrected chi connectivity index (χ4v) is 1.71. The highest BCUT2D eigenvalue weighted by molar-refractivity contribution is 6.30. The Morgan fingerprint density at radius 2 is 2.00 bits per heavy atom. The largest absolute Gasteiger partial charge is 0.321 e. The van der Waals surface area contributed by atoms with E-state index in [1.54, 1.807) is 0 Å². The number of aromatic nitrogens is 2. The SMILES string of the molecule is Cc1nc(C(=O)Nc2ccc(Cl)c(F)c2)cc(C(F)F)n1. The van der Waals surface area contributed by atoms with Crippen LogP contribution < -0.4 is 5.32 Å². The molecule has 0 saturated carbocycles. The molecule has 0 aliphatic heterocycles. The highest BCUT2D eigenvalue weighted by Gasteiger charge is 2.16. The second-order valence-corrected chi connectivity index (χ2v) is 4.52. The van der Waals surface area contributed by atoms with Crippen LogP contribution in [0.15, 0.2) is 24.3 Å². The average molecular weight is 316 g/mol. The molecule has 1 aromatic heterocycles. The summed E-state index contributed by atoms with van der Waals surface area (Å²) < 4.78 is 38.5. The smallest absolute Gasteiger partial charge is 0.280 e. The van der Waals surface area contributed by atoms with Gasteiger partial charge in [0.1, 0.15) is 23.0 Å². The van der Waals surface area contributed by atoms with Crippen LogP contribution in [0.2, 0.25) is 5.02 Å². The fraction of sp³-hybridized carbons (Fsp3) is 0.154. The molecule has 110 valence electrons. The molecule has 0 saturated heterocycles. The third-order valence-corrected chi connectivity index (χ3v) is 2.80. The van der Waals surface area contributed by atoms with E-state index in [9.17, 15) is 18.0 Å². The number of benzene rings is 1. The minimum atomic E-state index is -2.81. The van der Waals surface area contributed by atoms with E-state index in [0.29, 0.717) is 0 Å². The lowest BCUT2D eigenvalue weighted by Crippen LogP contribution is -2.15. The number of hydrogen-bond acceptors (Lipinski definition) is 3. The van der Waals surface area contributed by atoms with Crippen LogP contribution in [-0.4, -0.2) is 15.9 Å². The highest BCUT2D eigenvalue weighted by atomic mass is 35.5. The molecule has 0 fully saturated rings. The first kappa shape index (κ1) is 15.2. The molecule has 1 amide bonds. The van der Waals surface area contributed by atoms with Gasteiger partial charge in [-0.05, 0) is 31.2 Å². The molecule has 1 aromatic carbocycles. The van der Waals surface area contributed by atoms with Crippen LogP contribution in [0.1, 0.15) is 28.4 Å². The standard InChI is InChI=1S/C13H9ClF3N3O/c1-6-18-10(12(16)17)5-11(19-6)13(21)20-7-2-3-8(14)9(15)4-7/h2-5,12H,1H3,(H,20,21). The molecule has 4 nitrogen and oxygen atoms in total. The van der Waals surface area contributed by atoms with Crippen molar-refractivity contribution in [3.63, 3.8) is 0 Å². The number of halogens is 4. The number of amides is 1. The molecule has 0 atom stereocenters. The molecule has 0 spiro atoms.